The fraction of sp³-hybridized carbons (Fsp3) is 0.708. The third kappa shape index (κ3) is 5.33. The van der Waals surface area contributed by atoms with Crippen LogP contribution < -0.4 is 10.1 Å². The summed E-state index contributed by atoms with van der Waals surface area (Å²) in [5.74, 6) is 1.95. The summed E-state index contributed by atoms with van der Waals surface area (Å²) in [6.45, 7) is 11.1. The van der Waals surface area contributed by atoms with Crippen molar-refractivity contribution in [2.45, 2.75) is 37.6 Å². The molecule has 3 aliphatic heterocycles. The van der Waals surface area contributed by atoms with E-state index in [1.807, 2.05) is 14.0 Å². The van der Waals surface area contributed by atoms with Gasteiger partial charge in [0.15, 0.2) is 5.96 Å². The first-order valence-corrected chi connectivity index (χ1v) is 11.8. The van der Waals surface area contributed by atoms with Gasteiger partial charge in [-0.25, -0.2) is 0 Å². The lowest BCUT2D eigenvalue weighted by Crippen LogP contribution is -2.50. The Kier molecular flexibility index (Phi) is 7.69. The highest BCUT2D eigenvalue weighted by Crippen LogP contribution is 2.35. The number of likely N-dealkylation sites (tertiary alicyclic amines) is 1. The van der Waals surface area contributed by atoms with E-state index >= 15 is 0 Å². The maximum atomic E-state index is 5.71. The first-order chi connectivity index (χ1) is 15.2. The van der Waals surface area contributed by atoms with Gasteiger partial charge in [0.25, 0.3) is 0 Å². The number of nitrogens with zero attached hydrogens (tertiary/aromatic N) is 3. The Labute approximate surface area is 186 Å². The van der Waals surface area contributed by atoms with Gasteiger partial charge in [0.1, 0.15) is 5.75 Å². The summed E-state index contributed by atoms with van der Waals surface area (Å²) < 4.78 is 16.9. The summed E-state index contributed by atoms with van der Waals surface area (Å²) in [7, 11) is 1.90. The molecule has 31 heavy (non-hydrogen) atoms. The summed E-state index contributed by atoms with van der Waals surface area (Å²) in [4.78, 5) is 9.64. The second-order valence-electron chi connectivity index (χ2n) is 8.79. The number of hydrogen-bond donors (Lipinski definition) is 1. The van der Waals surface area contributed by atoms with Crippen molar-refractivity contribution in [3.63, 3.8) is 0 Å². The van der Waals surface area contributed by atoms with Crippen molar-refractivity contribution in [3.05, 3.63) is 29.8 Å². The standard InChI is InChI=1S/C24H38N4O3/c1-3-31-22-6-4-20(5-7-22)24(9-14-29-15-10-24)19-26-23(25-2)28-11-8-21(18-28)27-12-16-30-17-13-27/h4-7,21H,3,8-19H2,1-2H3,(H,25,26). The van der Waals surface area contributed by atoms with E-state index in [0.717, 1.165) is 83.7 Å². The number of aliphatic imine (C=N–C) groups is 1. The lowest BCUT2D eigenvalue weighted by atomic mass is 9.74. The van der Waals surface area contributed by atoms with Crippen molar-refractivity contribution in [1.82, 2.24) is 15.1 Å². The SMILES string of the molecule is CCOc1ccc(C2(CNC(=NC)N3CCC(N4CCOCC4)C3)CCOCC2)cc1. The van der Waals surface area contributed by atoms with E-state index in [1.165, 1.54) is 12.0 Å². The Morgan fingerprint density at radius 2 is 1.81 bits per heavy atom. The molecule has 0 amide bonds. The zero-order valence-corrected chi connectivity index (χ0v) is 19.1. The lowest BCUT2D eigenvalue weighted by molar-refractivity contribution is 0.0194. The van der Waals surface area contributed by atoms with E-state index in [2.05, 4.69) is 44.4 Å². The highest BCUT2D eigenvalue weighted by atomic mass is 16.5. The molecule has 1 aromatic carbocycles. The predicted octanol–water partition coefficient (Wildman–Crippen LogP) is 2.12. The molecule has 1 aromatic rings. The van der Waals surface area contributed by atoms with Gasteiger partial charge in [-0.3, -0.25) is 9.89 Å². The number of nitrogens with one attached hydrogen (secondary N) is 1. The summed E-state index contributed by atoms with van der Waals surface area (Å²) >= 11 is 0. The summed E-state index contributed by atoms with van der Waals surface area (Å²) in [5, 5.41) is 3.73. The molecule has 0 aromatic heterocycles. The minimum atomic E-state index is 0.0578. The van der Waals surface area contributed by atoms with Crippen LogP contribution in [-0.4, -0.2) is 94.6 Å². The molecule has 0 bridgehead atoms. The smallest absolute Gasteiger partial charge is 0.193 e. The average Bonchev–Trinajstić information content (AvgIpc) is 3.32. The molecule has 7 heteroatoms. The van der Waals surface area contributed by atoms with E-state index in [4.69, 9.17) is 14.2 Å². The second kappa shape index (κ2) is 10.7. The van der Waals surface area contributed by atoms with Crippen LogP contribution in [0.4, 0.5) is 0 Å². The van der Waals surface area contributed by atoms with Gasteiger partial charge in [-0.05, 0) is 43.9 Å². The maximum absolute atomic E-state index is 5.71. The van der Waals surface area contributed by atoms with E-state index < -0.39 is 0 Å². The minimum Gasteiger partial charge on any atom is -0.494 e. The van der Waals surface area contributed by atoms with Crippen LogP contribution in [0.1, 0.15) is 31.7 Å². The molecule has 3 fully saturated rings. The second-order valence-corrected chi connectivity index (χ2v) is 8.79. The number of hydrogen-bond acceptors (Lipinski definition) is 5. The number of rotatable bonds is 6. The van der Waals surface area contributed by atoms with Crippen molar-refractivity contribution in [3.8, 4) is 5.75 Å². The fourth-order valence-electron chi connectivity index (χ4n) is 5.16. The normalized spacial score (nSPS) is 24.9. The highest BCUT2D eigenvalue weighted by molar-refractivity contribution is 5.80. The Hall–Kier alpha value is -1.83. The third-order valence-electron chi connectivity index (χ3n) is 7.05. The molecular weight excluding hydrogens is 392 g/mol. The molecular formula is C24H38N4O3. The number of benzene rings is 1. The van der Waals surface area contributed by atoms with Gasteiger partial charge in [0.2, 0.25) is 0 Å². The van der Waals surface area contributed by atoms with E-state index in [-0.39, 0.29) is 5.41 Å². The van der Waals surface area contributed by atoms with E-state index in [1.54, 1.807) is 0 Å². The molecule has 1 atom stereocenters. The van der Waals surface area contributed by atoms with Crippen molar-refractivity contribution in [1.29, 1.82) is 0 Å². The fourth-order valence-corrected chi connectivity index (χ4v) is 5.16. The van der Waals surface area contributed by atoms with Crippen molar-refractivity contribution < 1.29 is 14.2 Å². The summed E-state index contributed by atoms with van der Waals surface area (Å²) in [5.41, 5.74) is 1.41. The van der Waals surface area contributed by atoms with Gasteiger partial charge in [-0.1, -0.05) is 12.1 Å². The van der Waals surface area contributed by atoms with Crippen LogP contribution in [0.3, 0.4) is 0 Å². The molecule has 4 rings (SSSR count). The molecule has 7 nitrogen and oxygen atoms in total. The average molecular weight is 431 g/mol. The van der Waals surface area contributed by atoms with Gasteiger partial charge in [-0.2, -0.15) is 0 Å². The monoisotopic (exact) mass is 430 g/mol. The van der Waals surface area contributed by atoms with Crippen molar-refractivity contribution >= 4 is 5.96 Å². The number of ether oxygens (including phenoxy) is 3. The van der Waals surface area contributed by atoms with Crippen molar-refractivity contribution in [2.24, 2.45) is 4.99 Å². The molecule has 3 heterocycles. The van der Waals surface area contributed by atoms with Gasteiger partial charge in [0, 0.05) is 64.4 Å². The van der Waals surface area contributed by atoms with Crippen LogP contribution in [0.25, 0.3) is 0 Å². The summed E-state index contributed by atoms with van der Waals surface area (Å²) in [6.07, 6.45) is 3.22. The molecule has 1 unspecified atom stereocenters. The first kappa shape index (κ1) is 22.4. The van der Waals surface area contributed by atoms with Crippen LogP contribution in [0.5, 0.6) is 5.75 Å². The Balaban J connectivity index is 1.40. The minimum absolute atomic E-state index is 0.0578. The molecule has 3 aliphatic rings. The Morgan fingerprint density at radius 1 is 1.10 bits per heavy atom. The topological polar surface area (TPSA) is 58.6 Å². The van der Waals surface area contributed by atoms with Crippen LogP contribution in [0.15, 0.2) is 29.3 Å². The zero-order valence-electron chi connectivity index (χ0n) is 19.1. The molecule has 1 N–H and O–H groups in total. The largest absolute Gasteiger partial charge is 0.494 e. The summed E-state index contributed by atoms with van der Waals surface area (Å²) in [6, 6.07) is 9.25. The lowest BCUT2D eigenvalue weighted by Gasteiger charge is -2.39. The van der Waals surface area contributed by atoms with Crippen molar-refractivity contribution in [2.75, 3.05) is 72.8 Å². The van der Waals surface area contributed by atoms with E-state index in [0.29, 0.717) is 12.6 Å². The number of morpholine rings is 1. The Bertz CT molecular complexity index is 712. The Morgan fingerprint density at radius 3 is 2.48 bits per heavy atom. The zero-order chi connectivity index (χ0) is 21.5. The molecule has 172 valence electrons. The van der Waals surface area contributed by atoms with Crippen LogP contribution in [0, 0.1) is 0 Å². The van der Waals surface area contributed by atoms with Crippen LogP contribution >= 0.6 is 0 Å². The highest BCUT2D eigenvalue weighted by Gasteiger charge is 2.36. The maximum Gasteiger partial charge on any atom is 0.193 e. The number of guanidine groups is 1. The first-order valence-electron chi connectivity index (χ1n) is 11.8. The van der Waals surface area contributed by atoms with Gasteiger partial charge in [-0.15, -0.1) is 0 Å². The van der Waals surface area contributed by atoms with Gasteiger partial charge in [0.05, 0.1) is 19.8 Å². The molecule has 3 saturated heterocycles. The third-order valence-corrected chi connectivity index (χ3v) is 7.05. The van der Waals surface area contributed by atoms with E-state index in [9.17, 15) is 0 Å². The van der Waals surface area contributed by atoms with Gasteiger partial charge >= 0.3 is 0 Å². The van der Waals surface area contributed by atoms with Crippen LogP contribution in [0.2, 0.25) is 0 Å². The van der Waals surface area contributed by atoms with Gasteiger partial charge < -0.3 is 24.4 Å². The molecule has 0 aliphatic carbocycles. The predicted molar refractivity (Wildman–Crippen MR) is 123 cm³/mol. The quantitative estimate of drug-likeness (QED) is 0.551. The van der Waals surface area contributed by atoms with Crippen LogP contribution in [-0.2, 0) is 14.9 Å². The molecule has 0 radical (unpaired) electrons. The molecule has 0 saturated carbocycles. The molecule has 0 spiro atoms.